The van der Waals surface area contributed by atoms with Crippen LogP contribution < -0.4 is 5.32 Å². The first-order valence-electron chi connectivity index (χ1n) is 5.60. The molecule has 0 aliphatic rings. The molecular formula is C11H14BrN5S. The first kappa shape index (κ1) is 13.5. The van der Waals surface area contributed by atoms with Gasteiger partial charge in [0.1, 0.15) is 0 Å². The summed E-state index contributed by atoms with van der Waals surface area (Å²) in [7, 11) is 1.83. The molecule has 0 spiro atoms. The summed E-state index contributed by atoms with van der Waals surface area (Å²) in [6.07, 6.45) is 0. The molecule has 2 rings (SSSR count). The predicted octanol–water partition coefficient (Wildman–Crippen LogP) is 2.23. The molecule has 2 aromatic rings. The van der Waals surface area contributed by atoms with E-state index in [1.54, 1.807) is 16.4 Å². The SMILES string of the molecule is CCNCc1ccc(Sc2nnnn2C)cc1Br. The van der Waals surface area contributed by atoms with Gasteiger partial charge < -0.3 is 5.32 Å². The molecule has 0 unspecified atom stereocenters. The molecule has 0 saturated heterocycles. The fourth-order valence-corrected chi connectivity index (χ4v) is 2.85. The summed E-state index contributed by atoms with van der Waals surface area (Å²) in [6.45, 7) is 3.93. The lowest BCUT2D eigenvalue weighted by atomic mass is 10.2. The van der Waals surface area contributed by atoms with Crippen LogP contribution in [0.4, 0.5) is 0 Å². The Morgan fingerprint density at radius 2 is 2.28 bits per heavy atom. The van der Waals surface area contributed by atoms with Crippen LogP contribution in [0.25, 0.3) is 0 Å². The number of tetrazole rings is 1. The molecular weight excluding hydrogens is 314 g/mol. The van der Waals surface area contributed by atoms with Crippen molar-refractivity contribution in [1.82, 2.24) is 25.5 Å². The van der Waals surface area contributed by atoms with Crippen molar-refractivity contribution in [3.8, 4) is 0 Å². The van der Waals surface area contributed by atoms with Crippen LogP contribution in [0.2, 0.25) is 0 Å². The maximum Gasteiger partial charge on any atom is 0.213 e. The third-order valence-corrected chi connectivity index (χ3v) is 4.14. The van der Waals surface area contributed by atoms with Gasteiger partial charge in [-0.1, -0.05) is 28.9 Å². The third kappa shape index (κ3) is 3.30. The zero-order valence-electron chi connectivity index (χ0n) is 10.2. The lowest BCUT2D eigenvalue weighted by Gasteiger charge is -2.07. The summed E-state index contributed by atoms with van der Waals surface area (Å²) >= 11 is 5.13. The van der Waals surface area contributed by atoms with Gasteiger partial charge in [0.05, 0.1) is 0 Å². The Morgan fingerprint density at radius 1 is 1.44 bits per heavy atom. The Hall–Kier alpha value is -0.920. The molecule has 0 radical (unpaired) electrons. The lowest BCUT2D eigenvalue weighted by molar-refractivity contribution is 0.664. The van der Waals surface area contributed by atoms with Crippen LogP contribution in [0, 0.1) is 0 Å². The fraction of sp³-hybridized carbons (Fsp3) is 0.364. The largest absolute Gasteiger partial charge is 0.313 e. The quantitative estimate of drug-likeness (QED) is 0.912. The standard InChI is InChI=1S/C11H14BrN5S/c1-3-13-7-8-4-5-9(6-10(8)12)18-11-14-15-16-17(11)2/h4-6,13H,3,7H2,1-2H3. The van der Waals surface area contributed by atoms with Gasteiger partial charge in [0.15, 0.2) is 0 Å². The normalized spacial score (nSPS) is 10.8. The van der Waals surface area contributed by atoms with Gasteiger partial charge in [0.2, 0.25) is 5.16 Å². The topological polar surface area (TPSA) is 55.6 Å². The second-order valence-corrected chi connectivity index (χ2v) is 5.62. The molecule has 1 N–H and O–H groups in total. The van der Waals surface area contributed by atoms with E-state index < -0.39 is 0 Å². The van der Waals surface area contributed by atoms with Crippen molar-refractivity contribution in [3.05, 3.63) is 28.2 Å². The van der Waals surface area contributed by atoms with Crippen molar-refractivity contribution in [2.45, 2.75) is 23.5 Å². The van der Waals surface area contributed by atoms with Crippen molar-refractivity contribution in [1.29, 1.82) is 0 Å². The van der Waals surface area contributed by atoms with Crippen molar-refractivity contribution in [3.63, 3.8) is 0 Å². The summed E-state index contributed by atoms with van der Waals surface area (Å²) < 4.78 is 2.76. The first-order chi connectivity index (χ1) is 8.70. The Labute approximate surface area is 118 Å². The summed E-state index contributed by atoms with van der Waals surface area (Å²) in [5.74, 6) is 0. The van der Waals surface area contributed by atoms with E-state index in [0.717, 1.165) is 27.6 Å². The number of benzene rings is 1. The van der Waals surface area contributed by atoms with Gasteiger partial charge in [-0.15, -0.1) is 5.10 Å². The maximum atomic E-state index is 3.95. The van der Waals surface area contributed by atoms with Crippen LogP contribution in [-0.2, 0) is 13.6 Å². The molecule has 0 fully saturated rings. The van der Waals surface area contributed by atoms with E-state index in [2.05, 4.69) is 61.9 Å². The van der Waals surface area contributed by atoms with Crippen LogP contribution in [-0.4, -0.2) is 26.8 Å². The second kappa shape index (κ2) is 6.31. The molecule has 5 nitrogen and oxygen atoms in total. The van der Waals surface area contributed by atoms with Crippen molar-refractivity contribution in [2.75, 3.05) is 6.54 Å². The molecule has 0 atom stereocenters. The molecule has 1 aromatic carbocycles. The highest BCUT2D eigenvalue weighted by Gasteiger charge is 2.07. The Morgan fingerprint density at radius 3 is 2.89 bits per heavy atom. The van der Waals surface area contributed by atoms with Crippen molar-refractivity contribution >= 4 is 27.7 Å². The molecule has 96 valence electrons. The molecule has 1 aromatic heterocycles. The van der Waals surface area contributed by atoms with Crippen LogP contribution in [0.1, 0.15) is 12.5 Å². The number of hydrogen-bond donors (Lipinski definition) is 1. The van der Waals surface area contributed by atoms with Crippen LogP contribution >= 0.6 is 27.7 Å². The van der Waals surface area contributed by atoms with Gasteiger partial charge in [-0.2, -0.15) is 0 Å². The zero-order valence-corrected chi connectivity index (χ0v) is 12.6. The monoisotopic (exact) mass is 327 g/mol. The number of rotatable bonds is 5. The van der Waals surface area contributed by atoms with E-state index in [1.807, 2.05) is 7.05 Å². The summed E-state index contributed by atoms with van der Waals surface area (Å²) in [5.41, 5.74) is 1.25. The molecule has 0 amide bonds. The number of aromatic nitrogens is 4. The van der Waals surface area contributed by atoms with Crippen molar-refractivity contribution in [2.24, 2.45) is 7.05 Å². The lowest BCUT2D eigenvalue weighted by Crippen LogP contribution is -2.11. The van der Waals surface area contributed by atoms with E-state index in [4.69, 9.17) is 0 Å². The number of nitrogens with one attached hydrogen (secondary N) is 1. The van der Waals surface area contributed by atoms with Gasteiger partial charge in [0, 0.05) is 23.0 Å². The number of hydrogen-bond acceptors (Lipinski definition) is 5. The third-order valence-electron chi connectivity index (χ3n) is 2.38. The smallest absolute Gasteiger partial charge is 0.213 e. The van der Waals surface area contributed by atoms with E-state index in [-0.39, 0.29) is 0 Å². The number of nitrogens with zero attached hydrogens (tertiary/aromatic N) is 4. The highest BCUT2D eigenvalue weighted by atomic mass is 79.9. The first-order valence-corrected chi connectivity index (χ1v) is 7.21. The zero-order chi connectivity index (χ0) is 13.0. The predicted molar refractivity (Wildman–Crippen MR) is 74.4 cm³/mol. The minimum absolute atomic E-state index is 0.779. The Bertz CT molecular complexity index is 528. The van der Waals surface area contributed by atoms with Crippen LogP contribution in [0.15, 0.2) is 32.7 Å². The van der Waals surface area contributed by atoms with Crippen LogP contribution in [0.5, 0.6) is 0 Å². The second-order valence-electron chi connectivity index (χ2n) is 3.72. The average molecular weight is 328 g/mol. The number of halogens is 1. The van der Waals surface area contributed by atoms with Gasteiger partial charge in [-0.3, -0.25) is 0 Å². The van der Waals surface area contributed by atoms with E-state index >= 15 is 0 Å². The van der Waals surface area contributed by atoms with E-state index in [0.29, 0.717) is 0 Å². The van der Waals surface area contributed by atoms with Gasteiger partial charge in [0.25, 0.3) is 0 Å². The molecule has 1 heterocycles. The average Bonchev–Trinajstić information content (AvgIpc) is 2.74. The highest BCUT2D eigenvalue weighted by Crippen LogP contribution is 2.29. The van der Waals surface area contributed by atoms with Gasteiger partial charge in [-0.25, -0.2) is 4.68 Å². The Balaban J connectivity index is 2.11. The van der Waals surface area contributed by atoms with Crippen LogP contribution in [0.3, 0.4) is 0 Å². The minimum Gasteiger partial charge on any atom is -0.313 e. The molecule has 7 heteroatoms. The van der Waals surface area contributed by atoms with Crippen molar-refractivity contribution < 1.29 is 0 Å². The summed E-state index contributed by atoms with van der Waals surface area (Å²) in [5, 5.41) is 15.5. The summed E-state index contributed by atoms with van der Waals surface area (Å²) in [6, 6.07) is 6.28. The maximum absolute atomic E-state index is 3.95. The minimum atomic E-state index is 0.779. The van der Waals surface area contributed by atoms with E-state index in [9.17, 15) is 0 Å². The molecule has 0 saturated carbocycles. The highest BCUT2D eigenvalue weighted by molar-refractivity contribution is 9.10. The molecule has 0 aliphatic carbocycles. The molecule has 18 heavy (non-hydrogen) atoms. The molecule has 0 bridgehead atoms. The van der Waals surface area contributed by atoms with Gasteiger partial charge >= 0.3 is 0 Å². The van der Waals surface area contributed by atoms with E-state index in [1.165, 1.54) is 5.56 Å². The van der Waals surface area contributed by atoms with Gasteiger partial charge in [-0.05, 0) is 46.4 Å². The number of aryl methyl sites for hydroxylation is 1. The Kier molecular flexibility index (Phi) is 4.73. The summed E-state index contributed by atoms with van der Waals surface area (Å²) in [4.78, 5) is 1.11. The molecule has 0 aliphatic heterocycles. The fourth-order valence-electron chi connectivity index (χ4n) is 1.41.